The minimum atomic E-state index is -1.77. The molecular formula is C47H82O15. The van der Waals surface area contributed by atoms with Crippen molar-refractivity contribution in [1.82, 2.24) is 0 Å². The maximum Gasteiger partial charge on any atom is 0.306 e. The molecule has 0 radical (unpaired) electrons. The van der Waals surface area contributed by atoms with E-state index in [-0.39, 0.29) is 19.4 Å². The summed E-state index contributed by atoms with van der Waals surface area (Å²) in [5.74, 6) is -0.977. The van der Waals surface area contributed by atoms with E-state index < -0.39 is 99.3 Å². The number of rotatable bonds is 35. The molecular weight excluding hydrogens is 805 g/mol. The topological polar surface area (TPSA) is 231 Å². The van der Waals surface area contributed by atoms with Gasteiger partial charge in [-0.3, -0.25) is 9.59 Å². The monoisotopic (exact) mass is 887 g/mol. The molecule has 15 nitrogen and oxygen atoms in total. The minimum Gasteiger partial charge on any atom is -0.462 e. The molecule has 2 heterocycles. The second-order valence-electron chi connectivity index (χ2n) is 16.6. The summed E-state index contributed by atoms with van der Waals surface area (Å²) in [5, 5.41) is 71.9. The van der Waals surface area contributed by atoms with Gasteiger partial charge in [0.25, 0.3) is 0 Å². The van der Waals surface area contributed by atoms with E-state index in [0.717, 1.165) is 64.2 Å². The molecule has 4 unspecified atom stereocenters. The minimum absolute atomic E-state index is 0.147. The molecule has 2 rings (SSSR count). The Morgan fingerprint density at radius 2 is 0.984 bits per heavy atom. The van der Waals surface area contributed by atoms with Crippen molar-refractivity contribution in [3.63, 3.8) is 0 Å². The van der Waals surface area contributed by atoms with Crippen LogP contribution in [0.4, 0.5) is 0 Å². The molecule has 15 heteroatoms. The molecule has 0 aromatic rings. The second-order valence-corrected chi connectivity index (χ2v) is 16.6. The van der Waals surface area contributed by atoms with Crippen LogP contribution < -0.4 is 0 Å². The van der Waals surface area contributed by atoms with Crippen LogP contribution >= 0.6 is 0 Å². The van der Waals surface area contributed by atoms with Gasteiger partial charge in [-0.15, -0.1) is 0 Å². The first-order valence-corrected chi connectivity index (χ1v) is 23.6. The number of aliphatic hydroxyl groups is 7. The Bertz CT molecular complexity index is 1230. The van der Waals surface area contributed by atoms with Gasteiger partial charge in [0.15, 0.2) is 18.7 Å². The van der Waals surface area contributed by atoms with Gasteiger partial charge in [-0.1, -0.05) is 115 Å². The predicted molar refractivity (Wildman–Crippen MR) is 234 cm³/mol. The van der Waals surface area contributed by atoms with Crippen molar-refractivity contribution < 1.29 is 73.8 Å². The zero-order valence-corrected chi connectivity index (χ0v) is 37.6. The van der Waals surface area contributed by atoms with Crippen molar-refractivity contribution in [2.45, 2.75) is 223 Å². The molecule has 7 N–H and O–H groups in total. The lowest BCUT2D eigenvalue weighted by Crippen LogP contribution is -2.61. The third kappa shape index (κ3) is 23.6. The number of ether oxygens (including phenoxy) is 6. The quantitative estimate of drug-likeness (QED) is 0.0241. The molecule has 2 fully saturated rings. The fraction of sp³-hybridized carbons (Fsp3) is 0.830. The Morgan fingerprint density at radius 3 is 1.60 bits per heavy atom. The number of carbonyl (C=O) groups is 2. The zero-order chi connectivity index (χ0) is 45.4. The molecule has 2 aliphatic heterocycles. The lowest BCUT2D eigenvalue weighted by molar-refractivity contribution is -0.332. The lowest BCUT2D eigenvalue weighted by Gasteiger charge is -2.42. The van der Waals surface area contributed by atoms with Crippen molar-refractivity contribution in [2.24, 2.45) is 0 Å². The van der Waals surface area contributed by atoms with E-state index >= 15 is 0 Å². The van der Waals surface area contributed by atoms with E-state index in [1.54, 1.807) is 0 Å². The van der Waals surface area contributed by atoms with Crippen LogP contribution in [0, 0.1) is 0 Å². The number of aliphatic hydroxyl groups excluding tert-OH is 7. The Kier molecular flexibility index (Phi) is 31.6. The molecule has 0 aromatic heterocycles. The molecule has 0 saturated carbocycles. The van der Waals surface area contributed by atoms with Gasteiger partial charge in [0.1, 0.15) is 55.4 Å². The van der Waals surface area contributed by atoms with Crippen LogP contribution in [-0.2, 0) is 38.0 Å². The van der Waals surface area contributed by atoms with E-state index in [9.17, 15) is 45.3 Å². The van der Waals surface area contributed by atoms with Crippen LogP contribution in [0.25, 0.3) is 0 Å². The van der Waals surface area contributed by atoms with Gasteiger partial charge in [-0.2, -0.15) is 0 Å². The van der Waals surface area contributed by atoms with Gasteiger partial charge in [0.05, 0.1) is 19.8 Å². The zero-order valence-electron chi connectivity index (χ0n) is 37.6. The van der Waals surface area contributed by atoms with E-state index in [2.05, 4.69) is 50.3 Å². The Balaban J connectivity index is 1.86. The summed E-state index contributed by atoms with van der Waals surface area (Å²) in [4.78, 5) is 25.6. The molecule has 2 saturated heterocycles. The average Bonchev–Trinajstić information content (AvgIpc) is 3.26. The van der Waals surface area contributed by atoms with E-state index in [1.165, 1.54) is 51.4 Å². The molecule has 0 aliphatic carbocycles. The smallest absolute Gasteiger partial charge is 0.306 e. The summed E-state index contributed by atoms with van der Waals surface area (Å²) in [6, 6.07) is 0. The molecule has 11 atom stereocenters. The highest BCUT2D eigenvalue weighted by Gasteiger charge is 2.47. The van der Waals surface area contributed by atoms with Crippen molar-refractivity contribution >= 4 is 11.9 Å². The maximum atomic E-state index is 12.9. The summed E-state index contributed by atoms with van der Waals surface area (Å²) in [6.45, 7) is 2.47. The first-order valence-electron chi connectivity index (χ1n) is 23.6. The van der Waals surface area contributed by atoms with Gasteiger partial charge in [0.2, 0.25) is 0 Å². The van der Waals surface area contributed by atoms with Crippen LogP contribution in [0.2, 0.25) is 0 Å². The van der Waals surface area contributed by atoms with Crippen molar-refractivity contribution in [3.8, 4) is 0 Å². The number of hydrogen-bond acceptors (Lipinski definition) is 15. The molecule has 0 bridgehead atoms. The maximum absolute atomic E-state index is 12.9. The average molecular weight is 887 g/mol. The van der Waals surface area contributed by atoms with Crippen LogP contribution in [-0.4, -0.2) is 142 Å². The number of allylic oxidation sites excluding steroid dienone is 6. The molecule has 360 valence electrons. The van der Waals surface area contributed by atoms with Crippen molar-refractivity contribution in [3.05, 3.63) is 36.5 Å². The van der Waals surface area contributed by atoms with E-state index in [1.807, 2.05) is 0 Å². The first kappa shape index (κ1) is 55.9. The predicted octanol–water partition coefficient (Wildman–Crippen LogP) is 5.37. The van der Waals surface area contributed by atoms with Crippen LogP contribution in [0.3, 0.4) is 0 Å². The number of unbranched alkanes of at least 4 members (excludes halogenated alkanes) is 15. The summed E-state index contributed by atoms with van der Waals surface area (Å²) < 4.78 is 33.4. The highest BCUT2D eigenvalue weighted by Crippen LogP contribution is 2.26. The van der Waals surface area contributed by atoms with Gasteiger partial charge >= 0.3 is 11.9 Å². The van der Waals surface area contributed by atoms with E-state index in [0.29, 0.717) is 12.8 Å². The largest absolute Gasteiger partial charge is 0.462 e. The van der Waals surface area contributed by atoms with Gasteiger partial charge in [-0.25, -0.2) is 0 Å². The highest BCUT2D eigenvalue weighted by molar-refractivity contribution is 5.70. The fourth-order valence-corrected chi connectivity index (χ4v) is 7.11. The Labute approximate surface area is 370 Å². The number of carbonyl (C=O) groups excluding carboxylic acids is 2. The molecule has 0 amide bonds. The van der Waals surface area contributed by atoms with Crippen LogP contribution in [0.15, 0.2) is 36.5 Å². The molecule has 0 aromatic carbocycles. The summed E-state index contributed by atoms with van der Waals surface area (Å²) in [7, 11) is 0. The number of hydrogen-bond donors (Lipinski definition) is 7. The van der Waals surface area contributed by atoms with Crippen LogP contribution in [0.5, 0.6) is 0 Å². The Hall–Kier alpha value is -2.28. The van der Waals surface area contributed by atoms with Crippen molar-refractivity contribution in [2.75, 3.05) is 26.4 Å². The lowest BCUT2D eigenvalue weighted by atomic mass is 9.98. The van der Waals surface area contributed by atoms with Crippen LogP contribution in [0.1, 0.15) is 155 Å². The first-order chi connectivity index (χ1) is 30.0. The van der Waals surface area contributed by atoms with E-state index in [4.69, 9.17) is 28.4 Å². The van der Waals surface area contributed by atoms with Gasteiger partial charge in [0, 0.05) is 12.8 Å². The normalized spacial score (nSPS) is 27.4. The molecule has 2 aliphatic rings. The summed E-state index contributed by atoms with van der Waals surface area (Å²) in [6.07, 6.45) is 17.6. The summed E-state index contributed by atoms with van der Waals surface area (Å²) in [5.41, 5.74) is 0. The SMILES string of the molecule is CCCC/C=C/CCCCCCCC(=O)O[C@H](COC(=O)CCCC/C=C/C/C=C/CCCCCCCC)CO[C@@H]1O[C@H](CO[C@@H]2O[C@H](CO)[C@H](O)C(O)C2O)[C@H](O)C(O)C1O. The Morgan fingerprint density at radius 1 is 0.516 bits per heavy atom. The molecule has 0 spiro atoms. The van der Waals surface area contributed by atoms with Crippen molar-refractivity contribution in [1.29, 1.82) is 0 Å². The third-order valence-electron chi connectivity index (χ3n) is 11.1. The second kappa shape index (κ2) is 35.0. The standard InChI is InChI=1S/C47H82O15/c1-3-5-7-9-11-13-15-16-17-18-20-21-23-25-27-29-38(49)57-32-35(60-39(50)30-28-26-24-22-19-14-12-10-8-6-4-2)33-58-46-45(56)43(54)41(52)37(62-46)34-59-47-44(55)42(53)40(51)36(31-48)61-47/h10,12,16-17,20-21,35-37,40-48,51-56H,3-9,11,13-15,18-19,22-34H2,1-2H3/b12-10+,17-16+,21-20+/t35-,36-,37-,40+,41+,42?,43?,44?,45?,46-,47-/m1/s1. The fourth-order valence-electron chi connectivity index (χ4n) is 7.11. The van der Waals surface area contributed by atoms with Gasteiger partial charge in [-0.05, 0) is 64.2 Å². The number of esters is 2. The third-order valence-corrected chi connectivity index (χ3v) is 11.1. The highest BCUT2D eigenvalue weighted by atomic mass is 16.7. The summed E-state index contributed by atoms with van der Waals surface area (Å²) >= 11 is 0. The molecule has 62 heavy (non-hydrogen) atoms. The van der Waals surface area contributed by atoms with Gasteiger partial charge < -0.3 is 64.2 Å².